The molecular weight excluding hydrogens is 170 g/mol. The standard InChI is InChI=1S/C13H25N/c1-2-11-6-4-3-5-7-12(11)10-14-13-8-9-13/h11-14H,2-10H2,1H3. The minimum atomic E-state index is 0.899. The van der Waals surface area contributed by atoms with Crippen LogP contribution in [0.1, 0.15) is 58.3 Å². The van der Waals surface area contributed by atoms with Gasteiger partial charge >= 0.3 is 0 Å². The quantitative estimate of drug-likeness (QED) is 0.678. The highest BCUT2D eigenvalue weighted by Gasteiger charge is 2.25. The molecule has 2 unspecified atom stereocenters. The Bertz CT molecular complexity index is 163. The summed E-state index contributed by atoms with van der Waals surface area (Å²) in [5, 5.41) is 3.72. The molecule has 0 amide bonds. The van der Waals surface area contributed by atoms with Crippen molar-refractivity contribution in [2.45, 2.75) is 64.3 Å². The summed E-state index contributed by atoms with van der Waals surface area (Å²) in [5.41, 5.74) is 0. The average Bonchev–Trinajstić information content (AvgIpc) is 3.02. The molecule has 0 heterocycles. The van der Waals surface area contributed by atoms with Crippen LogP contribution in [0.25, 0.3) is 0 Å². The van der Waals surface area contributed by atoms with E-state index in [0.29, 0.717) is 0 Å². The first-order valence-electron chi connectivity index (χ1n) is 6.63. The van der Waals surface area contributed by atoms with Crippen molar-refractivity contribution in [3.63, 3.8) is 0 Å². The third-order valence-electron chi connectivity index (χ3n) is 4.09. The maximum Gasteiger partial charge on any atom is 0.00683 e. The highest BCUT2D eigenvalue weighted by molar-refractivity contribution is 4.83. The van der Waals surface area contributed by atoms with E-state index in [0.717, 1.165) is 17.9 Å². The van der Waals surface area contributed by atoms with Crippen LogP contribution in [0.5, 0.6) is 0 Å². The van der Waals surface area contributed by atoms with Crippen LogP contribution < -0.4 is 5.32 Å². The van der Waals surface area contributed by atoms with Gasteiger partial charge in [-0.25, -0.2) is 0 Å². The molecule has 2 rings (SSSR count). The van der Waals surface area contributed by atoms with Gasteiger partial charge in [0.1, 0.15) is 0 Å². The van der Waals surface area contributed by atoms with Gasteiger partial charge in [-0.1, -0.05) is 39.0 Å². The Labute approximate surface area is 88.7 Å². The lowest BCUT2D eigenvalue weighted by Crippen LogP contribution is -2.29. The molecule has 0 bridgehead atoms. The summed E-state index contributed by atoms with van der Waals surface area (Å²) in [7, 11) is 0. The first-order valence-corrected chi connectivity index (χ1v) is 6.63. The zero-order valence-electron chi connectivity index (χ0n) is 9.60. The van der Waals surface area contributed by atoms with E-state index in [2.05, 4.69) is 12.2 Å². The van der Waals surface area contributed by atoms with Crippen LogP contribution in [-0.4, -0.2) is 12.6 Å². The minimum absolute atomic E-state index is 0.899. The molecule has 2 saturated carbocycles. The normalized spacial score (nSPS) is 34.1. The van der Waals surface area contributed by atoms with Crippen molar-refractivity contribution in [2.75, 3.05) is 6.54 Å². The molecule has 0 aliphatic heterocycles. The van der Waals surface area contributed by atoms with Gasteiger partial charge in [0, 0.05) is 6.04 Å². The van der Waals surface area contributed by atoms with Crippen molar-refractivity contribution >= 4 is 0 Å². The lowest BCUT2D eigenvalue weighted by atomic mass is 9.86. The van der Waals surface area contributed by atoms with Gasteiger partial charge in [0.25, 0.3) is 0 Å². The van der Waals surface area contributed by atoms with E-state index >= 15 is 0 Å². The molecule has 0 spiro atoms. The smallest absolute Gasteiger partial charge is 0.00683 e. The van der Waals surface area contributed by atoms with Crippen LogP contribution in [0.3, 0.4) is 0 Å². The van der Waals surface area contributed by atoms with Crippen LogP contribution in [0.4, 0.5) is 0 Å². The third-order valence-corrected chi connectivity index (χ3v) is 4.09. The number of rotatable bonds is 4. The van der Waals surface area contributed by atoms with Gasteiger partial charge in [0.2, 0.25) is 0 Å². The molecule has 0 saturated heterocycles. The highest BCUT2D eigenvalue weighted by Crippen LogP contribution is 2.31. The molecule has 0 aromatic carbocycles. The van der Waals surface area contributed by atoms with Gasteiger partial charge in [-0.15, -0.1) is 0 Å². The Hall–Kier alpha value is -0.0400. The fourth-order valence-corrected chi connectivity index (χ4v) is 2.87. The van der Waals surface area contributed by atoms with Crippen LogP contribution >= 0.6 is 0 Å². The number of hydrogen-bond acceptors (Lipinski definition) is 1. The van der Waals surface area contributed by atoms with Gasteiger partial charge in [-0.3, -0.25) is 0 Å². The molecular formula is C13H25N. The Morgan fingerprint density at radius 2 is 1.64 bits per heavy atom. The van der Waals surface area contributed by atoms with Crippen LogP contribution in [0.2, 0.25) is 0 Å². The van der Waals surface area contributed by atoms with Gasteiger partial charge in [-0.05, 0) is 37.6 Å². The monoisotopic (exact) mass is 195 g/mol. The maximum absolute atomic E-state index is 3.72. The van der Waals surface area contributed by atoms with Gasteiger partial charge in [0.05, 0.1) is 0 Å². The zero-order valence-corrected chi connectivity index (χ0v) is 9.60. The van der Waals surface area contributed by atoms with Crippen molar-refractivity contribution in [1.29, 1.82) is 0 Å². The first-order chi connectivity index (χ1) is 6.90. The lowest BCUT2D eigenvalue weighted by molar-refractivity contribution is 0.291. The van der Waals surface area contributed by atoms with Crippen molar-refractivity contribution in [1.82, 2.24) is 5.32 Å². The minimum Gasteiger partial charge on any atom is -0.314 e. The molecule has 1 nitrogen and oxygen atoms in total. The molecule has 2 aliphatic rings. The lowest BCUT2D eigenvalue weighted by Gasteiger charge is -2.24. The fourth-order valence-electron chi connectivity index (χ4n) is 2.87. The Balaban J connectivity index is 1.77. The molecule has 2 atom stereocenters. The van der Waals surface area contributed by atoms with Crippen LogP contribution in [0, 0.1) is 11.8 Å². The van der Waals surface area contributed by atoms with Crippen molar-refractivity contribution in [2.24, 2.45) is 11.8 Å². The van der Waals surface area contributed by atoms with E-state index in [1.54, 1.807) is 0 Å². The Kier molecular flexibility index (Phi) is 3.86. The zero-order chi connectivity index (χ0) is 9.80. The summed E-state index contributed by atoms with van der Waals surface area (Å²) in [4.78, 5) is 0. The van der Waals surface area contributed by atoms with Gasteiger partial charge in [0.15, 0.2) is 0 Å². The fraction of sp³-hybridized carbons (Fsp3) is 1.00. The van der Waals surface area contributed by atoms with Gasteiger partial charge < -0.3 is 5.32 Å². The maximum atomic E-state index is 3.72. The first kappa shape index (κ1) is 10.5. The summed E-state index contributed by atoms with van der Waals surface area (Å²) < 4.78 is 0. The van der Waals surface area contributed by atoms with Crippen LogP contribution in [0.15, 0.2) is 0 Å². The molecule has 1 heteroatoms. The van der Waals surface area contributed by atoms with E-state index in [1.807, 2.05) is 0 Å². The van der Waals surface area contributed by atoms with E-state index in [-0.39, 0.29) is 0 Å². The summed E-state index contributed by atoms with van der Waals surface area (Å²) in [6, 6.07) is 0.899. The molecule has 2 fully saturated rings. The van der Waals surface area contributed by atoms with E-state index in [9.17, 15) is 0 Å². The predicted octanol–water partition coefficient (Wildman–Crippen LogP) is 3.34. The topological polar surface area (TPSA) is 12.0 Å². The average molecular weight is 195 g/mol. The predicted molar refractivity (Wildman–Crippen MR) is 61.4 cm³/mol. The summed E-state index contributed by atoms with van der Waals surface area (Å²) in [5.74, 6) is 2.01. The summed E-state index contributed by atoms with van der Waals surface area (Å²) in [6.07, 6.45) is 11.7. The third kappa shape index (κ3) is 2.98. The van der Waals surface area contributed by atoms with Gasteiger partial charge in [-0.2, -0.15) is 0 Å². The molecule has 2 aliphatic carbocycles. The second-order valence-electron chi connectivity index (χ2n) is 5.25. The van der Waals surface area contributed by atoms with Crippen molar-refractivity contribution < 1.29 is 0 Å². The van der Waals surface area contributed by atoms with Crippen molar-refractivity contribution in [3.05, 3.63) is 0 Å². The Morgan fingerprint density at radius 3 is 2.29 bits per heavy atom. The number of hydrogen-bond donors (Lipinski definition) is 1. The van der Waals surface area contributed by atoms with E-state index in [1.165, 1.54) is 57.9 Å². The molecule has 1 N–H and O–H groups in total. The SMILES string of the molecule is CCC1CCCCCC1CNC1CC1. The number of nitrogens with one attached hydrogen (secondary N) is 1. The van der Waals surface area contributed by atoms with E-state index < -0.39 is 0 Å². The molecule has 0 radical (unpaired) electrons. The molecule has 0 aromatic heterocycles. The summed E-state index contributed by atoms with van der Waals surface area (Å²) in [6.45, 7) is 3.68. The summed E-state index contributed by atoms with van der Waals surface area (Å²) >= 11 is 0. The molecule has 82 valence electrons. The largest absolute Gasteiger partial charge is 0.314 e. The highest BCUT2D eigenvalue weighted by atomic mass is 14.9. The second kappa shape index (κ2) is 5.16. The molecule has 0 aromatic rings. The van der Waals surface area contributed by atoms with E-state index in [4.69, 9.17) is 0 Å². The second-order valence-corrected chi connectivity index (χ2v) is 5.25. The van der Waals surface area contributed by atoms with Crippen LogP contribution in [-0.2, 0) is 0 Å². The Morgan fingerprint density at radius 1 is 0.929 bits per heavy atom. The molecule has 14 heavy (non-hydrogen) atoms. The van der Waals surface area contributed by atoms with Crippen molar-refractivity contribution in [3.8, 4) is 0 Å².